The molecule has 8 aromatic heterocycles. The predicted octanol–water partition coefficient (Wildman–Crippen LogP) is 1.44. The van der Waals surface area contributed by atoms with E-state index in [1.807, 2.05) is 177 Å². The third-order valence-corrected chi connectivity index (χ3v) is 12.9. The Kier molecular flexibility index (Phi) is 14.5. The minimum Gasteiger partial charge on any atom is -0.691 e. The van der Waals surface area contributed by atoms with E-state index in [2.05, 4.69) is 108 Å². The van der Waals surface area contributed by atoms with Crippen LogP contribution in [0.15, 0.2) is 269 Å². The normalized spacial score (nSPS) is 20.1. The van der Waals surface area contributed by atoms with Gasteiger partial charge < -0.3 is 66.3 Å². The molecule has 2 aliphatic rings. The third-order valence-electron chi connectivity index (χ3n) is 12.9. The van der Waals surface area contributed by atoms with Crippen molar-refractivity contribution in [3.63, 3.8) is 0 Å². The first-order valence-corrected chi connectivity index (χ1v) is 22.9. The molecular formula is C48H44B4Co2N16O2. The zero-order valence-corrected chi connectivity index (χ0v) is 40.4. The van der Waals surface area contributed by atoms with Crippen molar-refractivity contribution < 1.29 is 51.9 Å². The van der Waals surface area contributed by atoms with E-state index in [1.165, 1.54) is 0 Å². The van der Waals surface area contributed by atoms with E-state index in [9.17, 15) is 0 Å². The summed E-state index contributed by atoms with van der Waals surface area (Å²) in [6, 6.07) is 56.3. The average molecular weight is 1040 g/mol. The van der Waals surface area contributed by atoms with E-state index in [0.29, 0.717) is 0 Å². The van der Waals surface area contributed by atoms with E-state index in [-0.39, 0.29) is 33.6 Å². The van der Waals surface area contributed by atoms with E-state index in [4.69, 9.17) is 9.14 Å². The maximum Gasteiger partial charge on any atom is 2.00 e. The summed E-state index contributed by atoms with van der Waals surface area (Å²) < 4.78 is 30.8. The van der Waals surface area contributed by atoms with Gasteiger partial charge in [0.05, 0.1) is 0 Å². The molecule has 4 atom stereocenters. The van der Waals surface area contributed by atoms with Crippen molar-refractivity contribution in [1.29, 1.82) is 0 Å². The van der Waals surface area contributed by atoms with Crippen molar-refractivity contribution in [2.24, 2.45) is 0 Å². The summed E-state index contributed by atoms with van der Waals surface area (Å²) in [6.07, 6.45) is 29.7. The molecule has 18 nitrogen and oxygen atoms in total. The van der Waals surface area contributed by atoms with Crippen molar-refractivity contribution in [2.75, 3.05) is 0 Å². The van der Waals surface area contributed by atoms with Crippen LogP contribution < -0.4 is 41.2 Å². The van der Waals surface area contributed by atoms with Crippen molar-refractivity contribution in [3.05, 3.63) is 269 Å². The second-order valence-corrected chi connectivity index (χ2v) is 16.6. The molecule has 0 amide bonds. The Morgan fingerprint density at radius 1 is 0.347 bits per heavy atom. The van der Waals surface area contributed by atoms with Gasteiger partial charge in [0, 0.05) is 61.7 Å². The molecule has 0 fully saturated rings. The third kappa shape index (κ3) is 8.30. The number of hydrogen-bond donors (Lipinski definition) is 0. The molecular weight excluding hydrogens is 994 g/mol. The molecule has 0 bridgehead atoms. The van der Waals surface area contributed by atoms with Gasteiger partial charge in [-0.3, -0.25) is 0 Å². The molecule has 358 valence electrons. The second kappa shape index (κ2) is 21.4. The monoisotopic (exact) mass is 1040 g/mol. The van der Waals surface area contributed by atoms with Gasteiger partial charge in [0.15, 0.2) is 0 Å². The minimum absolute atomic E-state index is 0. The topological polar surface area (TPSA) is 161 Å². The zero-order valence-electron chi connectivity index (χ0n) is 38.4. The molecule has 24 heteroatoms. The van der Waals surface area contributed by atoms with E-state index in [1.54, 1.807) is 61.7 Å². The van der Waals surface area contributed by atoms with Gasteiger partial charge in [-0.15, -0.1) is 10.9 Å². The summed E-state index contributed by atoms with van der Waals surface area (Å²) in [5.41, 5.74) is 4.10. The first-order chi connectivity index (χ1) is 34.7. The summed E-state index contributed by atoms with van der Waals surface area (Å²) in [7, 11) is 0. The van der Waals surface area contributed by atoms with Gasteiger partial charge in [-0.25, -0.2) is 20.4 Å². The molecule has 2 aliphatic heterocycles. The van der Waals surface area contributed by atoms with Crippen LogP contribution in [0.25, 0.3) is 0 Å². The summed E-state index contributed by atoms with van der Waals surface area (Å²) >= 11 is 0. The van der Waals surface area contributed by atoms with Crippen LogP contribution in [-0.4, -0.2) is 84.6 Å². The van der Waals surface area contributed by atoms with Gasteiger partial charge in [-0.2, -0.15) is 12.4 Å². The quantitative estimate of drug-likeness (QED) is 0.204. The smallest absolute Gasteiger partial charge is 0.691 e. The van der Waals surface area contributed by atoms with Crippen molar-refractivity contribution in [2.45, 2.75) is 0 Å². The van der Waals surface area contributed by atoms with Crippen LogP contribution in [0.1, 0.15) is 0 Å². The molecule has 4 aromatic carbocycles. The summed E-state index contributed by atoms with van der Waals surface area (Å²) in [5, 5.41) is 32.4. The molecule has 0 N–H and O–H groups in total. The number of aromatic nitrogens is 16. The standard InChI is InChI=1S/2C21H19B2N6O.2C3H3N2.2Co/c2*1-3-10-20(11-4-1)22(26-16-7-14-24-26)28-18-9-19-29(28)23(30-22,27-17-8-15-25-27)21-12-5-2-6-13-21;2*1-2-4-5-3-1;;/h2*1-19H;2*1-3H;;/q4*-1;2*+2/t2*22-,23+;;;;. The van der Waals surface area contributed by atoms with Gasteiger partial charge in [0.1, 0.15) is 12.4 Å². The van der Waals surface area contributed by atoms with Crippen LogP contribution in [0.5, 0.6) is 0 Å². The molecule has 0 unspecified atom stereocenters. The number of fused-ring (bicyclic) bond motifs is 2. The molecule has 0 saturated carbocycles. The SMILES string of the molecule is [Co+2].[Co+2].c1ccc([B@@-]2(n3cccn3)O[B@-](c3ccccc3)(n3cccn3)[n+]3cccn32)cc1.c1ccc([B@@-]2(n3cccn3)O[B@-](c3ccccc3)(n3cccn3)[n+]3cccn32)cc1.c1cn[n-]c1.c1cn[n-]c1. The molecule has 72 heavy (non-hydrogen) atoms. The predicted molar refractivity (Wildman–Crippen MR) is 266 cm³/mol. The molecule has 12 aromatic rings. The van der Waals surface area contributed by atoms with Gasteiger partial charge in [0.2, 0.25) is 0 Å². The Hall–Kier alpha value is -8.25. The molecule has 2 radical (unpaired) electrons. The molecule has 0 saturated heterocycles. The first-order valence-electron chi connectivity index (χ1n) is 22.9. The largest absolute Gasteiger partial charge is 2.00 e. The van der Waals surface area contributed by atoms with E-state index >= 15 is 0 Å². The first kappa shape index (κ1) is 48.8. The van der Waals surface area contributed by atoms with Gasteiger partial charge in [-0.05, 0) is 49.1 Å². The van der Waals surface area contributed by atoms with Crippen molar-refractivity contribution in [1.82, 2.24) is 68.3 Å². The number of hydrogen-bond acceptors (Lipinski definition) is 8. The molecule has 10 heterocycles. The second-order valence-electron chi connectivity index (χ2n) is 16.6. The Bertz CT molecular complexity index is 2960. The number of rotatable bonds is 8. The maximum atomic E-state index is 7.26. The summed E-state index contributed by atoms with van der Waals surface area (Å²) in [6.45, 7) is -7.68. The van der Waals surface area contributed by atoms with Crippen LogP contribution in [0, 0.1) is 0 Å². The summed E-state index contributed by atoms with van der Waals surface area (Å²) in [5.74, 6) is 0. The molecule has 14 rings (SSSR count). The zero-order chi connectivity index (χ0) is 47.1. The number of nitrogens with zero attached hydrogens (tertiary/aromatic N) is 16. The fourth-order valence-corrected chi connectivity index (χ4v) is 10.1. The van der Waals surface area contributed by atoms with Crippen molar-refractivity contribution in [3.8, 4) is 0 Å². The minimum atomic E-state index is -1.92. The van der Waals surface area contributed by atoms with Crippen LogP contribution in [0.3, 0.4) is 0 Å². The fraction of sp³-hybridized carbons (Fsp3) is 0. The van der Waals surface area contributed by atoms with Crippen LogP contribution in [0.4, 0.5) is 0 Å². The fourth-order valence-electron chi connectivity index (χ4n) is 10.1. The average Bonchev–Trinajstić information content (AvgIpc) is 4.27. The molecule has 0 aliphatic carbocycles. The van der Waals surface area contributed by atoms with Crippen molar-refractivity contribution >= 4 is 48.3 Å². The van der Waals surface area contributed by atoms with E-state index in [0.717, 1.165) is 21.9 Å². The summed E-state index contributed by atoms with van der Waals surface area (Å²) in [4.78, 5) is 0. The van der Waals surface area contributed by atoms with Gasteiger partial charge in [-0.1, -0.05) is 144 Å². The van der Waals surface area contributed by atoms with Crippen LogP contribution in [-0.2, 0) is 42.7 Å². The number of benzene rings is 4. The Morgan fingerprint density at radius 3 is 0.958 bits per heavy atom. The van der Waals surface area contributed by atoms with Crippen LogP contribution >= 0.6 is 0 Å². The Balaban J connectivity index is 0.000000145. The van der Waals surface area contributed by atoms with Gasteiger partial charge >= 0.3 is 60.0 Å². The Morgan fingerprint density at radius 2 is 0.681 bits per heavy atom. The van der Waals surface area contributed by atoms with E-state index < -0.39 is 26.5 Å². The Labute approximate surface area is 435 Å². The maximum absolute atomic E-state index is 7.26. The van der Waals surface area contributed by atoms with Crippen LogP contribution in [0.2, 0.25) is 0 Å². The van der Waals surface area contributed by atoms with Gasteiger partial charge in [0.25, 0.3) is 0 Å². The molecule has 0 spiro atoms.